The van der Waals surface area contributed by atoms with E-state index in [-0.39, 0.29) is 17.2 Å². The normalized spacial score (nSPS) is 10.4. The van der Waals surface area contributed by atoms with Crippen LogP contribution in [0.5, 0.6) is 0 Å². The molecule has 0 radical (unpaired) electrons. The number of benzene rings is 1. The molecule has 0 aliphatic heterocycles. The second-order valence-corrected chi connectivity index (χ2v) is 6.49. The minimum atomic E-state index is -0.631. The molecule has 7 heteroatoms. The molecule has 6 nitrogen and oxygen atoms in total. The minimum Gasteiger partial charge on any atom is -0.397 e. The van der Waals surface area contributed by atoms with E-state index in [9.17, 15) is 9.59 Å². The van der Waals surface area contributed by atoms with E-state index in [0.29, 0.717) is 23.0 Å². The molecule has 1 aromatic carbocycles. The van der Waals surface area contributed by atoms with Crippen LogP contribution in [0.25, 0.3) is 0 Å². The summed E-state index contributed by atoms with van der Waals surface area (Å²) < 4.78 is 0. The number of amides is 2. The molecule has 2 aromatic rings. The fraction of sp³-hybridized carbons (Fsp3) is 0.294. The van der Waals surface area contributed by atoms with E-state index in [1.807, 2.05) is 49.2 Å². The van der Waals surface area contributed by atoms with Gasteiger partial charge in [0.1, 0.15) is 9.88 Å². The summed E-state index contributed by atoms with van der Waals surface area (Å²) in [6.45, 7) is 3.10. The Balaban J connectivity index is 2.34. The predicted octanol–water partition coefficient (Wildman–Crippen LogP) is 2.21. The summed E-state index contributed by atoms with van der Waals surface area (Å²) in [6, 6.07) is 9.82. The maximum absolute atomic E-state index is 12.2. The number of anilines is 2. The molecule has 0 bridgehead atoms. The van der Waals surface area contributed by atoms with Gasteiger partial charge in [0.2, 0.25) is 0 Å². The summed E-state index contributed by atoms with van der Waals surface area (Å²) >= 11 is 1.19. The highest BCUT2D eigenvalue weighted by atomic mass is 32.1. The van der Waals surface area contributed by atoms with Gasteiger partial charge in [-0.05, 0) is 12.0 Å². The van der Waals surface area contributed by atoms with Gasteiger partial charge in [-0.2, -0.15) is 0 Å². The first-order valence-corrected chi connectivity index (χ1v) is 8.52. The summed E-state index contributed by atoms with van der Waals surface area (Å²) in [5.41, 5.74) is 13.0. The van der Waals surface area contributed by atoms with E-state index in [0.717, 1.165) is 12.0 Å². The molecule has 128 valence electrons. The molecular weight excluding hydrogens is 324 g/mol. The summed E-state index contributed by atoms with van der Waals surface area (Å²) in [7, 11) is 1.85. The van der Waals surface area contributed by atoms with Gasteiger partial charge in [0.05, 0.1) is 11.3 Å². The maximum atomic E-state index is 12.2. The van der Waals surface area contributed by atoms with Crippen molar-refractivity contribution < 1.29 is 9.59 Å². The summed E-state index contributed by atoms with van der Waals surface area (Å²) in [4.78, 5) is 26.3. The largest absolute Gasteiger partial charge is 0.397 e. The molecule has 5 N–H and O–H groups in total. The molecule has 0 atom stereocenters. The smallest absolute Gasteiger partial charge is 0.263 e. The van der Waals surface area contributed by atoms with Crippen molar-refractivity contribution in [3.05, 3.63) is 46.3 Å². The summed E-state index contributed by atoms with van der Waals surface area (Å²) in [5.74, 6) is -0.908. The Morgan fingerprint density at radius 1 is 1.25 bits per heavy atom. The van der Waals surface area contributed by atoms with E-state index in [1.54, 1.807) is 0 Å². The Bertz CT molecular complexity index is 728. The zero-order valence-corrected chi connectivity index (χ0v) is 14.7. The van der Waals surface area contributed by atoms with Crippen LogP contribution in [0.15, 0.2) is 30.3 Å². The topological polar surface area (TPSA) is 101 Å². The van der Waals surface area contributed by atoms with Gasteiger partial charge in [-0.25, -0.2) is 0 Å². The second-order valence-electron chi connectivity index (χ2n) is 5.49. The molecule has 1 heterocycles. The number of nitrogens with zero attached hydrogens (tertiary/aromatic N) is 1. The van der Waals surface area contributed by atoms with Gasteiger partial charge in [0.25, 0.3) is 11.8 Å². The first-order valence-electron chi connectivity index (χ1n) is 7.71. The number of carbonyl (C=O) groups excluding carboxylic acids is 2. The van der Waals surface area contributed by atoms with Gasteiger partial charge in [-0.15, -0.1) is 11.3 Å². The minimum absolute atomic E-state index is 0.149. The van der Waals surface area contributed by atoms with Crippen LogP contribution >= 0.6 is 11.3 Å². The second kappa shape index (κ2) is 7.83. The van der Waals surface area contributed by atoms with Crippen molar-refractivity contribution in [2.24, 2.45) is 5.73 Å². The van der Waals surface area contributed by atoms with Crippen LogP contribution in [0.3, 0.4) is 0 Å². The highest BCUT2D eigenvalue weighted by Gasteiger charge is 2.26. The number of primary amides is 1. The molecule has 0 fully saturated rings. The number of nitrogen functional groups attached to an aromatic ring is 1. The van der Waals surface area contributed by atoms with Crippen LogP contribution in [0.2, 0.25) is 0 Å². The number of carbonyl (C=O) groups is 2. The van der Waals surface area contributed by atoms with Crippen molar-refractivity contribution in [2.75, 3.05) is 24.2 Å². The number of hydrogen-bond acceptors (Lipinski definition) is 5. The molecular formula is C17H22N4O2S. The standard InChI is InChI=1S/C17H22N4O2S/c1-3-9-20-16(23)14-13(18)12(15(19)22)17(24-14)21(2)10-11-7-5-4-6-8-11/h4-8H,3,9-10,18H2,1-2H3,(H2,19,22)(H,20,23). The van der Waals surface area contributed by atoms with Crippen LogP contribution < -0.4 is 21.7 Å². The van der Waals surface area contributed by atoms with Crippen LogP contribution in [0.1, 0.15) is 38.9 Å². The van der Waals surface area contributed by atoms with Crippen molar-refractivity contribution in [3.8, 4) is 0 Å². The Kier molecular flexibility index (Phi) is 5.81. The van der Waals surface area contributed by atoms with Crippen molar-refractivity contribution in [3.63, 3.8) is 0 Å². The van der Waals surface area contributed by atoms with Crippen LogP contribution in [-0.4, -0.2) is 25.4 Å². The lowest BCUT2D eigenvalue weighted by Crippen LogP contribution is -2.24. The predicted molar refractivity (Wildman–Crippen MR) is 98.4 cm³/mol. The van der Waals surface area contributed by atoms with E-state index in [2.05, 4.69) is 5.32 Å². The van der Waals surface area contributed by atoms with Gasteiger partial charge < -0.3 is 21.7 Å². The summed E-state index contributed by atoms with van der Waals surface area (Å²) in [6.07, 6.45) is 0.820. The van der Waals surface area contributed by atoms with Crippen molar-refractivity contribution in [2.45, 2.75) is 19.9 Å². The van der Waals surface area contributed by atoms with Gasteiger partial charge in [0.15, 0.2) is 0 Å². The highest BCUT2D eigenvalue weighted by molar-refractivity contribution is 7.19. The van der Waals surface area contributed by atoms with Crippen LogP contribution in [0, 0.1) is 0 Å². The fourth-order valence-electron chi connectivity index (χ4n) is 2.35. The lowest BCUT2D eigenvalue weighted by molar-refractivity contribution is 0.0958. The first kappa shape index (κ1) is 17.8. The van der Waals surface area contributed by atoms with Crippen LogP contribution in [0.4, 0.5) is 10.7 Å². The number of nitrogens with two attached hydrogens (primary N) is 2. The third kappa shape index (κ3) is 3.86. The molecule has 2 amide bonds. The first-order chi connectivity index (χ1) is 11.5. The molecule has 0 saturated carbocycles. The summed E-state index contributed by atoms with van der Waals surface area (Å²) in [5, 5.41) is 3.38. The number of rotatable bonds is 7. The third-order valence-corrected chi connectivity index (χ3v) is 4.84. The SMILES string of the molecule is CCCNC(=O)c1sc(N(C)Cc2ccccc2)c(C(N)=O)c1N. The van der Waals surface area contributed by atoms with E-state index >= 15 is 0 Å². The monoisotopic (exact) mass is 346 g/mol. The van der Waals surface area contributed by atoms with Gasteiger partial charge in [-0.3, -0.25) is 9.59 Å². The van der Waals surface area contributed by atoms with E-state index < -0.39 is 5.91 Å². The molecule has 24 heavy (non-hydrogen) atoms. The highest BCUT2D eigenvalue weighted by Crippen LogP contribution is 2.38. The van der Waals surface area contributed by atoms with Gasteiger partial charge in [0, 0.05) is 20.1 Å². The van der Waals surface area contributed by atoms with Crippen molar-refractivity contribution >= 4 is 33.8 Å². The Labute approximate surface area is 145 Å². The number of thiophene rings is 1. The number of nitrogens with one attached hydrogen (secondary N) is 1. The zero-order valence-electron chi connectivity index (χ0n) is 13.8. The molecule has 0 aliphatic rings. The zero-order chi connectivity index (χ0) is 17.7. The molecule has 2 rings (SSSR count). The molecule has 0 unspecified atom stereocenters. The molecule has 0 spiro atoms. The molecule has 0 aliphatic carbocycles. The fourth-order valence-corrected chi connectivity index (χ4v) is 3.46. The van der Waals surface area contributed by atoms with E-state index in [1.165, 1.54) is 11.3 Å². The average Bonchev–Trinajstić information content (AvgIpc) is 2.91. The Morgan fingerprint density at radius 2 is 1.92 bits per heavy atom. The molecule has 1 aromatic heterocycles. The maximum Gasteiger partial charge on any atom is 0.263 e. The van der Waals surface area contributed by atoms with Gasteiger partial charge >= 0.3 is 0 Å². The Morgan fingerprint density at radius 3 is 2.50 bits per heavy atom. The third-order valence-electron chi connectivity index (χ3n) is 3.52. The molecule has 0 saturated heterocycles. The van der Waals surface area contributed by atoms with Gasteiger partial charge in [-0.1, -0.05) is 37.3 Å². The average molecular weight is 346 g/mol. The lowest BCUT2D eigenvalue weighted by Gasteiger charge is -2.18. The number of hydrogen-bond donors (Lipinski definition) is 3. The van der Waals surface area contributed by atoms with Crippen molar-refractivity contribution in [1.29, 1.82) is 0 Å². The lowest BCUT2D eigenvalue weighted by atomic mass is 10.2. The van der Waals surface area contributed by atoms with Crippen LogP contribution in [-0.2, 0) is 6.54 Å². The quantitative estimate of drug-likeness (QED) is 0.715. The van der Waals surface area contributed by atoms with Crippen molar-refractivity contribution in [1.82, 2.24) is 5.32 Å². The Hall–Kier alpha value is -2.54. The van der Waals surface area contributed by atoms with E-state index in [4.69, 9.17) is 11.5 Å².